The summed E-state index contributed by atoms with van der Waals surface area (Å²) < 4.78 is 0. The fourth-order valence-corrected chi connectivity index (χ4v) is 3.37. The molecule has 0 aromatic heterocycles. The van der Waals surface area contributed by atoms with E-state index in [2.05, 4.69) is 5.32 Å². The molecule has 1 heterocycles. The molecule has 0 bridgehead atoms. The van der Waals surface area contributed by atoms with Gasteiger partial charge in [-0.2, -0.15) is 0 Å². The largest absolute Gasteiger partial charge is 0.480 e. The number of nitrogens with one attached hydrogen (secondary N) is 1. The molecule has 136 valence electrons. The second-order valence-corrected chi connectivity index (χ2v) is 6.92. The van der Waals surface area contributed by atoms with Crippen molar-refractivity contribution >= 4 is 29.2 Å². The molecule has 0 aliphatic carbocycles. The van der Waals surface area contributed by atoms with Gasteiger partial charge < -0.3 is 10.4 Å². The Labute approximate surface area is 157 Å². The topological polar surface area (TPSA) is 69.6 Å². The molecule has 6 heteroatoms. The summed E-state index contributed by atoms with van der Waals surface area (Å²) in [5.41, 5.74) is 2.19. The van der Waals surface area contributed by atoms with Crippen LogP contribution in [0.3, 0.4) is 0 Å². The fraction of sp³-hybridized carbons (Fsp3) is 0.300. The summed E-state index contributed by atoms with van der Waals surface area (Å²) in [7, 11) is 0. The highest BCUT2D eigenvalue weighted by Gasteiger charge is 2.28. The third-order valence-corrected chi connectivity index (χ3v) is 4.83. The summed E-state index contributed by atoms with van der Waals surface area (Å²) in [4.78, 5) is 25.8. The van der Waals surface area contributed by atoms with Crippen LogP contribution in [0.25, 0.3) is 0 Å². The van der Waals surface area contributed by atoms with Gasteiger partial charge in [-0.3, -0.25) is 14.5 Å². The van der Waals surface area contributed by atoms with E-state index in [1.165, 1.54) is 0 Å². The average molecular weight is 373 g/mol. The van der Waals surface area contributed by atoms with Gasteiger partial charge in [-0.1, -0.05) is 30.2 Å². The predicted molar refractivity (Wildman–Crippen MR) is 102 cm³/mol. The van der Waals surface area contributed by atoms with E-state index in [4.69, 9.17) is 11.6 Å². The van der Waals surface area contributed by atoms with Crippen LogP contribution in [0.4, 0.5) is 5.69 Å². The molecule has 2 N–H and O–H groups in total. The number of piperidine rings is 1. The fourth-order valence-electron chi connectivity index (χ4n) is 3.25. The molecule has 1 fully saturated rings. The first-order valence-corrected chi connectivity index (χ1v) is 9.03. The minimum atomic E-state index is -0.767. The molecule has 1 aliphatic heterocycles. The van der Waals surface area contributed by atoms with Crippen LogP contribution in [0.1, 0.15) is 35.2 Å². The van der Waals surface area contributed by atoms with E-state index in [1.807, 2.05) is 29.2 Å². The molecule has 0 saturated carbocycles. The number of carboxylic acid groups (broad SMARTS) is 1. The standard InChI is InChI=1S/C20H21ClN2O3/c21-16-9-7-15(8-10-16)19(24)22-17-5-3-4-14(12-17)13-23-11-2-1-6-18(23)20(25)26/h3-5,7-10,12,18H,1-2,6,11,13H2,(H,22,24)(H,25,26). The maximum atomic E-state index is 12.3. The number of carboxylic acids is 1. The molecule has 1 aliphatic rings. The summed E-state index contributed by atoms with van der Waals surface area (Å²) in [5.74, 6) is -0.975. The number of rotatable bonds is 5. The summed E-state index contributed by atoms with van der Waals surface area (Å²) in [6.45, 7) is 1.33. The van der Waals surface area contributed by atoms with Gasteiger partial charge in [0.05, 0.1) is 0 Å². The SMILES string of the molecule is O=C(Nc1cccc(CN2CCCCC2C(=O)O)c1)c1ccc(Cl)cc1. The third kappa shape index (κ3) is 4.62. The van der Waals surface area contributed by atoms with Gasteiger partial charge in [0.1, 0.15) is 6.04 Å². The Morgan fingerprint density at radius 2 is 1.92 bits per heavy atom. The zero-order valence-electron chi connectivity index (χ0n) is 14.3. The van der Waals surface area contributed by atoms with Gasteiger partial charge in [-0.25, -0.2) is 0 Å². The van der Waals surface area contributed by atoms with E-state index in [1.54, 1.807) is 24.3 Å². The van der Waals surface area contributed by atoms with E-state index >= 15 is 0 Å². The van der Waals surface area contributed by atoms with Gasteiger partial charge >= 0.3 is 5.97 Å². The van der Waals surface area contributed by atoms with Crippen LogP contribution in [0.15, 0.2) is 48.5 Å². The van der Waals surface area contributed by atoms with Crippen molar-refractivity contribution in [3.8, 4) is 0 Å². The van der Waals surface area contributed by atoms with Crippen molar-refractivity contribution in [1.29, 1.82) is 0 Å². The number of aliphatic carboxylic acids is 1. The number of carbonyl (C=O) groups excluding carboxylic acids is 1. The number of hydrogen-bond acceptors (Lipinski definition) is 3. The first-order valence-electron chi connectivity index (χ1n) is 8.65. The minimum Gasteiger partial charge on any atom is -0.480 e. The first kappa shape index (κ1) is 18.4. The Kier molecular flexibility index (Phi) is 5.91. The molecule has 0 radical (unpaired) electrons. The predicted octanol–water partition coefficient (Wildman–Crippen LogP) is 4.03. The number of hydrogen-bond donors (Lipinski definition) is 2. The number of amides is 1. The van der Waals surface area contributed by atoms with Gasteiger partial charge in [-0.15, -0.1) is 0 Å². The molecule has 26 heavy (non-hydrogen) atoms. The summed E-state index contributed by atoms with van der Waals surface area (Å²) in [5, 5.41) is 12.9. The second-order valence-electron chi connectivity index (χ2n) is 6.48. The molecule has 1 saturated heterocycles. The van der Waals surface area contributed by atoms with Gasteiger partial charge in [0.25, 0.3) is 5.91 Å². The third-order valence-electron chi connectivity index (χ3n) is 4.58. The van der Waals surface area contributed by atoms with E-state index in [-0.39, 0.29) is 5.91 Å². The highest BCUT2D eigenvalue weighted by atomic mass is 35.5. The Balaban J connectivity index is 1.68. The van der Waals surface area contributed by atoms with Crippen LogP contribution in [-0.2, 0) is 11.3 Å². The maximum Gasteiger partial charge on any atom is 0.320 e. The molecule has 2 aromatic rings. The lowest BCUT2D eigenvalue weighted by molar-refractivity contribution is -0.144. The van der Waals surface area contributed by atoms with Crippen molar-refractivity contribution in [2.24, 2.45) is 0 Å². The Hall–Kier alpha value is -2.37. The number of carbonyl (C=O) groups is 2. The molecule has 3 rings (SSSR count). The van der Waals surface area contributed by atoms with Crippen LogP contribution >= 0.6 is 11.6 Å². The van der Waals surface area contributed by atoms with Crippen molar-refractivity contribution in [2.75, 3.05) is 11.9 Å². The Morgan fingerprint density at radius 3 is 2.65 bits per heavy atom. The van der Waals surface area contributed by atoms with Crippen LogP contribution in [-0.4, -0.2) is 34.5 Å². The number of halogens is 1. The summed E-state index contributed by atoms with van der Waals surface area (Å²) in [6.07, 6.45) is 2.64. The summed E-state index contributed by atoms with van der Waals surface area (Å²) >= 11 is 5.85. The zero-order chi connectivity index (χ0) is 18.5. The monoisotopic (exact) mass is 372 g/mol. The molecular weight excluding hydrogens is 352 g/mol. The quantitative estimate of drug-likeness (QED) is 0.831. The number of anilines is 1. The molecule has 1 amide bonds. The molecule has 0 spiro atoms. The van der Waals surface area contributed by atoms with Crippen LogP contribution < -0.4 is 5.32 Å². The molecular formula is C20H21ClN2O3. The molecule has 1 atom stereocenters. The first-order chi connectivity index (χ1) is 12.5. The van der Waals surface area contributed by atoms with E-state index in [0.29, 0.717) is 29.2 Å². The lowest BCUT2D eigenvalue weighted by Gasteiger charge is -2.32. The lowest BCUT2D eigenvalue weighted by Crippen LogP contribution is -2.43. The smallest absolute Gasteiger partial charge is 0.320 e. The highest BCUT2D eigenvalue weighted by Crippen LogP contribution is 2.21. The van der Waals surface area contributed by atoms with Crippen LogP contribution in [0.5, 0.6) is 0 Å². The van der Waals surface area contributed by atoms with Gasteiger partial charge in [-0.05, 0) is 61.3 Å². The van der Waals surface area contributed by atoms with Crippen molar-refractivity contribution in [3.05, 3.63) is 64.7 Å². The van der Waals surface area contributed by atoms with E-state index in [9.17, 15) is 14.7 Å². The normalized spacial score (nSPS) is 17.7. The minimum absolute atomic E-state index is 0.208. The Morgan fingerprint density at radius 1 is 1.15 bits per heavy atom. The van der Waals surface area contributed by atoms with E-state index in [0.717, 1.165) is 24.9 Å². The zero-order valence-corrected chi connectivity index (χ0v) is 15.1. The van der Waals surface area contributed by atoms with Gasteiger partial charge in [0, 0.05) is 22.8 Å². The lowest BCUT2D eigenvalue weighted by atomic mass is 10.0. The average Bonchev–Trinajstić information content (AvgIpc) is 2.63. The highest BCUT2D eigenvalue weighted by molar-refractivity contribution is 6.30. The molecule has 1 unspecified atom stereocenters. The van der Waals surface area contributed by atoms with E-state index < -0.39 is 12.0 Å². The number of nitrogens with zero attached hydrogens (tertiary/aromatic N) is 1. The van der Waals surface area contributed by atoms with Crippen molar-refractivity contribution in [2.45, 2.75) is 31.8 Å². The maximum absolute atomic E-state index is 12.3. The second kappa shape index (κ2) is 8.34. The van der Waals surface area contributed by atoms with Crippen LogP contribution in [0.2, 0.25) is 5.02 Å². The Bertz CT molecular complexity index is 792. The number of likely N-dealkylation sites (tertiary alicyclic amines) is 1. The number of benzene rings is 2. The van der Waals surface area contributed by atoms with Crippen molar-refractivity contribution < 1.29 is 14.7 Å². The van der Waals surface area contributed by atoms with Gasteiger partial charge in [0.15, 0.2) is 0 Å². The van der Waals surface area contributed by atoms with Crippen molar-refractivity contribution in [1.82, 2.24) is 4.90 Å². The molecule has 5 nitrogen and oxygen atoms in total. The summed E-state index contributed by atoms with van der Waals surface area (Å²) in [6, 6.07) is 13.8. The van der Waals surface area contributed by atoms with Crippen molar-refractivity contribution in [3.63, 3.8) is 0 Å². The molecule has 2 aromatic carbocycles. The van der Waals surface area contributed by atoms with Gasteiger partial charge in [0.2, 0.25) is 0 Å². The van der Waals surface area contributed by atoms with Crippen LogP contribution in [0, 0.1) is 0 Å².